The first kappa shape index (κ1) is 18.8. The van der Waals surface area contributed by atoms with Gasteiger partial charge in [-0.3, -0.25) is 4.79 Å². The summed E-state index contributed by atoms with van der Waals surface area (Å²) in [5, 5.41) is 12.2. The molecule has 8 nitrogen and oxygen atoms in total. The van der Waals surface area contributed by atoms with Gasteiger partial charge in [0.2, 0.25) is 11.7 Å². The number of aryl methyl sites for hydroxylation is 2. The molecule has 2 heterocycles. The molecule has 1 aromatic carbocycles. The van der Waals surface area contributed by atoms with Crippen molar-refractivity contribution in [1.82, 2.24) is 25.1 Å². The third-order valence-electron chi connectivity index (χ3n) is 4.09. The topological polar surface area (TPSA) is 95.9 Å². The molecular weight excluding hydrogens is 346 g/mol. The lowest BCUT2D eigenvalue weighted by atomic mass is 10.0. The molecule has 0 atom stereocenters. The highest BCUT2D eigenvalue weighted by Gasteiger charge is 2.12. The Morgan fingerprint density at radius 1 is 1.26 bits per heavy atom. The molecule has 0 bridgehead atoms. The third kappa shape index (κ3) is 4.99. The van der Waals surface area contributed by atoms with Crippen LogP contribution in [0.5, 0.6) is 0 Å². The van der Waals surface area contributed by atoms with Gasteiger partial charge in [-0.15, -0.1) is 0 Å². The number of hydrogen-bond acceptors (Lipinski definition) is 7. The van der Waals surface area contributed by atoms with Crippen LogP contribution in [0.1, 0.15) is 50.3 Å². The van der Waals surface area contributed by atoms with Gasteiger partial charge >= 0.3 is 5.97 Å². The number of rotatable bonds is 8. The van der Waals surface area contributed by atoms with Crippen LogP contribution < -0.4 is 0 Å². The molecule has 8 heteroatoms. The van der Waals surface area contributed by atoms with Gasteiger partial charge in [-0.05, 0) is 18.4 Å². The average Bonchev–Trinajstić information content (AvgIpc) is 3.34. The van der Waals surface area contributed by atoms with Crippen LogP contribution in [0.15, 0.2) is 35.0 Å². The van der Waals surface area contributed by atoms with Crippen molar-refractivity contribution >= 4 is 5.97 Å². The maximum atomic E-state index is 11.9. The standard InChI is InChI=1S/C19H23N5O3/c1-4-24-20-11-16(22-24)12-26-18(25)10-9-17-21-19(23-27-17)15-7-5-14(6-8-15)13(2)3/h5-8,11,13H,4,9-10,12H2,1-3H3. The van der Waals surface area contributed by atoms with Gasteiger partial charge in [0.1, 0.15) is 12.3 Å². The molecule has 0 aliphatic carbocycles. The van der Waals surface area contributed by atoms with E-state index >= 15 is 0 Å². The fraction of sp³-hybridized carbons (Fsp3) is 0.421. The molecule has 0 saturated heterocycles. The number of benzene rings is 1. The summed E-state index contributed by atoms with van der Waals surface area (Å²) < 4.78 is 10.4. The SMILES string of the molecule is CCn1ncc(COC(=O)CCc2nc(-c3ccc(C(C)C)cc3)no2)n1. The summed E-state index contributed by atoms with van der Waals surface area (Å²) in [6.07, 6.45) is 2.08. The normalized spacial score (nSPS) is 11.1. The van der Waals surface area contributed by atoms with Crippen LogP contribution in [0.25, 0.3) is 11.4 Å². The highest BCUT2D eigenvalue weighted by molar-refractivity contribution is 5.69. The van der Waals surface area contributed by atoms with Crippen molar-refractivity contribution in [1.29, 1.82) is 0 Å². The Labute approximate surface area is 157 Å². The van der Waals surface area contributed by atoms with E-state index in [9.17, 15) is 4.79 Å². The Morgan fingerprint density at radius 2 is 2.04 bits per heavy atom. The number of carbonyl (C=O) groups is 1. The van der Waals surface area contributed by atoms with E-state index < -0.39 is 0 Å². The summed E-state index contributed by atoms with van der Waals surface area (Å²) in [5.41, 5.74) is 2.76. The van der Waals surface area contributed by atoms with Crippen molar-refractivity contribution in [3.63, 3.8) is 0 Å². The lowest BCUT2D eigenvalue weighted by molar-refractivity contribution is -0.145. The molecule has 0 unspecified atom stereocenters. The molecule has 27 heavy (non-hydrogen) atoms. The van der Waals surface area contributed by atoms with Crippen LogP contribution in [0.3, 0.4) is 0 Å². The molecule has 0 fully saturated rings. The van der Waals surface area contributed by atoms with Gasteiger partial charge in [-0.2, -0.15) is 20.0 Å². The predicted octanol–water partition coefficient (Wildman–Crippen LogP) is 3.15. The second-order valence-electron chi connectivity index (χ2n) is 6.47. The highest BCUT2D eigenvalue weighted by Crippen LogP contribution is 2.20. The Balaban J connectivity index is 1.49. The van der Waals surface area contributed by atoms with Crippen LogP contribution in [0.4, 0.5) is 0 Å². The van der Waals surface area contributed by atoms with Gasteiger partial charge in [0.15, 0.2) is 0 Å². The molecule has 0 N–H and O–H groups in total. The maximum absolute atomic E-state index is 11.9. The summed E-state index contributed by atoms with van der Waals surface area (Å²) in [5.74, 6) is 1.05. The minimum atomic E-state index is -0.345. The minimum absolute atomic E-state index is 0.107. The van der Waals surface area contributed by atoms with Crippen molar-refractivity contribution in [3.05, 3.63) is 47.6 Å². The lowest BCUT2D eigenvalue weighted by Crippen LogP contribution is -2.07. The average molecular weight is 369 g/mol. The zero-order valence-corrected chi connectivity index (χ0v) is 15.8. The molecule has 142 valence electrons. The summed E-state index contributed by atoms with van der Waals surface area (Å²) in [6, 6.07) is 8.06. The zero-order valence-electron chi connectivity index (χ0n) is 15.8. The molecule has 0 amide bonds. The van der Waals surface area contributed by atoms with Gasteiger partial charge in [0, 0.05) is 12.0 Å². The zero-order chi connectivity index (χ0) is 19.2. The fourth-order valence-corrected chi connectivity index (χ4v) is 2.48. The molecule has 0 spiro atoms. The van der Waals surface area contributed by atoms with Crippen LogP contribution in [-0.2, 0) is 29.1 Å². The summed E-state index contributed by atoms with van der Waals surface area (Å²) in [4.78, 5) is 17.8. The molecule has 2 aromatic heterocycles. The number of ether oxygens (including phenoxy) is 1. The van der Waals surface area contributed by atoms with Gasteiger partial charge in [0.05, 0.1) is 19.2 Å². The molecule has 0 radical (unpaired) electrons. The van der Waals surface area contributed by atoms with Gasteiger partial charge in [0.25, 0.3) is 0 Å². The molecule has 3 rings (SSSR count). The van der Waals surface area contributed by atoms with E-state index in [1.54, 1.807) is 6.20 Å². The second-order valence-corrected chi connectivity index (χ2v) is 6.47. The van der Waals surface area contributed by atoms with Crippen LogP contribution in [0, 0.1) is 0 Å². The van der Waals surface area contributed by atoms with E-state index in [1.165, 1.54) is 10.4 Å². The van der Waals surface area contributed by atoms with E-state index in [4.69, 9.17) is 9.26 Å². The summed E-state index contributed by atoms with van der Waals surface area (Å²) >= 11 is 0. The van der Waals surface area contributed by atoms with Crippen molar-refractivity contribution in [3.8, 4) is 11.4 Å². The Morgan fingerprint density at radius 3 is 2.70 bits per heavy atom. The maximum Gasteiger partial charge on any atom is 0.306 e. The first-order valence-electron chi connectivity index (χ1n) is 9.02. The lowest BCUT2D eigenvalue weighted by Gasteiger charge is -2.04. The molecule has 0 aliphatic rings. The first-order valence-corrected chi connectivity index (χ1v) is 9.02. The first-order chi connectivity index (χ1) is 13.0. The van der Waals surface area contributed by atoms with E-state index in [0.717, 1.165) is 5.56 Å². The molecule has 3 aromatic rings. The highest BCUT2D eigenvalue weighted by atomic mass is 16.5. The van der Waals surface area contributed by atoms with E-state index in [-0.39, 0.29) is 19.0 Å². The third-order valence-corrected chi connectivity index (χ3v) is 4.09. The molecule has 0 aliphatic heterocycles. The summed E-state index contributed by atoms with van der Waals surface area (Å²) in [7, 11) is 0. The number of hydrogen-bond donors (Lipinski definition) is 0. The quantitative estimate of drug-likeness (QED) is 0.563. The smallest absolute Gasteiger partial charge is 0.306 e. The van der Waals surface area contributed by atoms with Crippen molar-refractivity contribution in [2.45, 2.75) is 52.7 Å². The number of esters is 1. The van der Waals surface area contributed by atoms with E-state index in [0.29, 0.717) is 36.3 Å². The minimum Gasteiger partial charge on any atom is -0.459 e. The van der Waals surface area contributed by atoms with Crippen molar-refractivity contribution in [2.75, 3.05) is 0 Å². The van der Waals surface area contributed by atoms with Gasteiger partial charge in [-0.1, -0.05) is 43.3 Å². The van der Waals surface area contributed by atoms with Crippen LogP contribution >= 0.6 is 0 Å². The second kappa shape index (κ2) is 8.57. The Kier molecular flexibility index (Phi) is 5.95. The molecular formula is C19H23N5O3. The van der Waals surface area contributed by atoms with E-state index in [1.807, 2.05) is 19.1 Å². The Bertz CT molecular complexity index is 883. The van der Waals surface area contributed by atoms with Crippen molar-refractivity contribution < 1.29 is 14.1 Å². The number of carbonyl (C=O) groups excluding carboxylic acids is 1. The van der Waals surface area contributed by atoms with E-state index in [2.05, 4.69) is 46.3 Å². The largest absolute Gasteiger partial charge is 0.459 e. The molecule has 0 saturated carbocycles. The Hall–Kier alpha value is -3.03. The monoisotopic (exact) mass is 369 g/mol. The van der Waals surface area contributed by atoms with Gasteiger partial charge < -0.3 is 9.26 Å². The fourth-order valence-electron chi connectivity index (χ4n) is 2.48. The number of aromatic nitrogens is 5. The summed E-state index contributed by atoms with van der Waals surface area (Å²) in [6.45, 7) is 7.01. The predicted molar refractivity (Wildman–Crippen MR) is 97.6 cm³/mol. The van der Waals surface area contributed by atoms with Crippen molar-refractivity contribution in [2.24, 2.45) is 0 Å². The van der Waals surface area contributed by atoms with Crippen LogP contribution in [0.2, 0.25) is 0 Å². The van der Waals surface area contributed by atoms with Gasteiger partial charge in [-0.25, -0.2) is 0 Å². The van der Waals surface area contributed by atoms with Crippen LogP contribution in [-0.4, -0.2) is 31.1 Å². The number of nitrogens with zero attached hydrogens (tertiary/aromatic N) is 5.